The third-order valence-electron chi connectivity index (χ3n) is 4.97. The molecule has 2 aromatic heterocycles. The van der Waals surface area contributed by atoms with Crippen molar-refractivity contribution in [3.05, 3.63) is 107 Å². The SMILES string of the molecule is C[N-]Cc1cc(C(F)(F)F)cc(C(F)(F)F)c1.O=C(O)c1cnc(-c2cccnc2)nc1-c1ccccc1. The first-order valence-corrected chi connectivity index (χ1v) is 10.8. The zero-order valence-corrected chi connectivity index (χ0v) is 19.6. The van der Waals surface area contributed by atoms with Gasteiger partial charge in [0.1, 0.15) is 5.56 Å². The molecule has 2 heterocycles. The van der Waals surface area contributed by atoms with Crippen molar-refractivity contribution in [3.63, 3.8) is 0 Å². The molecule has 2 aromatic carbocycles. The van der Waals surface area contributed by atoms with E-state index in [-0.39, 0.29) is 23.7 Å². The van der Waals surface area contributed by atoms with Gasteiger partial charge in [0, 0.05) is 29.7 Å². The van der Waals surface area contributed by atoms with E-state index in [1.165, 1.54) is 13.2 Å². The number of benzene rings is 2. The van der Waals surface area contributed by atoms with E-state index < -0.39 is 29.4 Å². The fourth-order valence-electron chi connectivity index (χ4n) is 3.28. The second-order valence-corrected chi connectivity index (χ2v) is 7.76. The van der Waals surface area contributed by atoms with Gasteiger partial charge in [-0.15, -0.1) is 6.54 Å². The van der Waals surface area contributed by atoms with E-state index in [0.29, 0.717) is 23.7 Å². The van der Waals surface area contributed by atoms with Gasteiger partial charge in [0.2, 0.25) is 0 Å². The minimum atomic E-state index is -4.80. The maximum atomic E-state index is 12.4. The largest absolute Gasteiger partial charge is 0.661 e. The first kappa shape index (κ1) is 28.3. The summed E-state index contributed by atoms with van der Waals surface area (Å²) in [4.78, 5) is 23.9. The van der Waals surface area contributed by atoms with Gasteiger partial charge in [0.15, 0.2) is 5.82 Å². The fourth-order valence-corrected chi connectivity index (χ4v) is 3.28. The van der Waals surface area contributed by atoms with Gasteiger partial charge in [-0.1, -0.05) is 35.9 Å². The molecular formula is C26H19F6N4O2-. The van der Waals surface area contributed by atoms with Crippen molar-refractivity contribution in [1.82, 2.24) is 15.0 Å². The van der Waals surface area contributed by atoms with Crippen molar-refractivity contribution < 1.29 is 36.2 Å². The number of aromatic nitrogens is 3. The van der Waals surface area contributed by atoms with Crippen molar-refractivity contribution in [2.24, 2.45) is 0 Å². The first-order chi connectivity index (χ1) is 17.9. The number of pyridine rings is 1. The summed E-state index contributed by atoms with van der Waals surface area (Å²) in [7, 11) is 1.31. The van der Waals surface area contributed by atoms with E-state index in [0.717, 1.165) is 11.1 Å². The summed E-state index contributed by atoms with van der Waals surface area (Å²) in [6, 6.07) is 14.2. The van der Waals surface area contributed by atoms with Crippen LogP contribution in [0.3, 0.4) is 0 Å². The van der Waals surface area contributed by atoms with E-state index in [4.69, 9.17) is 0 Å². The number of nitrogens with zero attached hydrogens (tertiary/aromatic N) is 4. The Balaban J connectivity index is 0.000000216. The molecule has 6 nitrogen and oxygen atoms in total. The average molecular weight is 533 g/mol. The van der Waals surface area contributed by atoms with Gasteiger partial charge in [-0.3, -0.25) is 4.98 Å². The lowest BCUT2D eigenvalue weighted by molar-refractivity contribution is -0.143. The number of halogens is 6. The molecule has 0 saturated carbocycles. The fraction of sp³-hybridized carbons (Fsp3) is 0.154. The van der Waals surface area contributed by atoms with Crippen molar-refractivity contribution >= 4 is 5.97 Å². The summed E-state index contributed by atoms with van der Waals surface area (Å²) >= 11 is 0. The standard InChI is InChI=1S/C16H11N3O2.C10H8F6N/c20-16(21)13-10-18-15(12-7-4-8-17-9-12)19-14(13)11-5-2-1-3-6-11;1-17-5-6-2-7(9(11,12)13)4-8(3-6)10(14,15)16/h1-10H,(H,20,21);2-4H,5H2,1H3/q;-1. The lowest BCUT2D eigenvalue weighted by Crippen LogP contribution is -2.11. The Labute approximate surface area is 213 Å². The Morgan fingerprint density at radius 2 is 1.47 bits per heavy atom. The second-order valence-electron chi connectivity index (χ2n) is 7.76. The number of carboxylic acid groups (broad SMARTS) is 1. The number of carbonyl (C=O) groups is 1. The molecule has 198 valence electrons. The Hall–Kier alpha value is -4.32. The summed E-state index contributed by atoms with van der Waals surface area (Å²) in [5, 5.41) is 12.8. The summed E-state index contributed by atoms with van der Waals surface area (Å²) in [5.74, 6) is -0.599. The maximum Gasteiger partial charge on any atom is 0.416 e. The Bertz CT molecular complexity index is 1350. The second kappa shape index (κ2) is 11.8. The minimum Gasteiger partial charge on any atom is -0.661 e. The maximum absolute atomic E-state index is 12.4. The molecule has 0 aliphatic heterocycles. The minimum absolute atomic E-state index is 0.0776. The molecular weight excluding hydrogens is 514 g/mol. The van der Waals surface area contributed by atoms with Crippen LogP contribution in [0.1, 0.15) is 27.0 Å². The molecule has 38 heavy (non-hydrogen) atoms. The molecule has 1 N–H and O–H groups in total. The number of carboxylic acids is 1. The Kier molecular flexibility index (Phi) is 8.79. The first-order valence-electron chi connectivity index (χ1n) is 10.8. The predicted octanol–water partition coefficient (Wildman–Crippen LogP) is 7.13. The molecule has 0 unspecified atom stereocenters. The molecule has 4 aromatic rings. The molecule has 0 spiro atoms. The zero-order valence-electron chi connectivity index (χ0n) is 19.6. The quantitative estimate of drug-likeness (QED) is 0.276. The number of alkyl halides is 6. The topological polar surface area (TPSA) is 90.1 Å². The van der Waals surface area contributed by atoms with Crippen LogP contribution < -0.4 is 0 Å². The highest BCUT2D eigenvalue weighted by Crippen LogP contribution is 2.36. The highest BCUT2D eigenvalue weighted by molar-refractivity contribution is 5.94. The predicted molar refractivity (Wildman–Crippen MR) is 127 cm³/mol. The number of aromatic carboxylic acids is 1. The molecule has 0 aliphatic rings. The van der Waals surface area contributed by atoms with Gasteiger partial charge < -0.3 is 10.4 Å². The van der Waals surface area contributed by atoms with Crippen molar-refractivity contribution in [2.45, 2.75) is 18.9 Å². The van der Waals surface area contributed by atoms with Crippen LogP contribution in [0.25, 0.3) is 28.0 Å². The summed E-state index contributed by atoms with van der Waals surface area (Å²) in [6.45, 7) is -0.188. The van der Waals surface area contributed by atoms with Crippen molar-refractivity contribution in [2.75, 3.05) is 7.05 Å². The summed E-state index contributed by atoms with van der Waals surface area (Å²) < 4.78 is 74.3. The lowest BCUT2D eigenvalue weighted by Gasteiger charge is -2.17. The highest BCUT2D eigenvalue weighted by Gasteiger charge is 2.36. The molecule has 0 atom stereocenters. The van der Waals surface area contributed by atoms with Gasteiger partial charge in [-0.25, -0.2) is 14.8 Å². The van der Waals surface area contributed by atoms with Crippen LogP contribution >= 0.6 is 0 Å². The third-order valence-corrected chi connectivity index (χ3v) is 4.97. The Morgan fingerprint density at radius 3 is 1.97 bits per heavy atom. The number of hydrogen-bond acceptors (Lipinski definition) is 4. The van der Waals surface area contributed by atoms with Crippen LogP contribution in [0.5, 0.6) is 0 Å². The molecule has 0 aliphatic carbocycles. The smallest absolute Gasteiger partial charge is 0.416 e. The van der Waals surface area contributed by atoms with E-state index in [9.17, 15) is 36.2 Å². The van der Waals surface area contributed by atoms with Crippen molar-refractivity contribution in [3.8, 4) is 22.6 Å². The van der Waals surface area contributed by atoms with Crippen LogP contribution in [-0.4, -0.2) is 33.1 Å². The Morgan fingerprint density at radius 1 is 0.868 bits per heavy atom. The van der Waals surface area contributed by atoms with Gasteiger partial charge in [-0.05, 0) is 30.3 Å². The zero-order chi connectivity index (χ0) is 27.9. The van der Waals surface area contributed by atoms with Gasteiger partial charge >= 0.3 is 18.3 Å². The number of rotatable bonds is 5. The van der Waals surface area contributed by atoms with Crippen LogP contribution in [0.15, 0.2) is 79.3 Å². The average Bonchev–Trinajstić information content (AvgIpc) is 2.89. The van der Waals surface area contributed by atoms with E-state index in [1.807, 2.05) is 36.4 Å². The van der Waals surface area contributed by atoms with Crippen LogP contribution in [0.4, 0.5) is 26.3 Å². The molecule has 4 rings (SSSR count). The third kappa shape index (κ3) is 7.35. The molecule has 0 saturated heterocycles. The molecule has 0 amide bonds. The molecule has 0 bridgehead atoms. The van der Waals surface area contributed by atoms with Gasteiger partial charge in [-0.2, -0.15) is 33.4 Å². The molecule has 0 fully saturated rings. The highest BCUT2D eigenvalue weighted by atomic mass is 19.4. The van der Waals surface area contributed by atoms with E-state index in [1.54, 1.807) is 18.5 Å². The number of hydrogen-bond donors (Lipinski definition) is 1. The van der Waals surface area contributed by atoms with Crippen molar-refractivity contribution in [1.29, 1.82) is 0 Å². The lowest BCUT2D eigenvalue weighted by atomic mass is 10.0. The normalized spacial score (nSPS) is 11.4. The summed E-state index contributed by atoms with van der Waals surface area (Å²) in [6.07, 6.45) is -4.97. The van der Waals surface area contributed by atoms with E-state index in [2.05, 4.69) is 20.3 Å². The van der Waals surface area contributed by atoms with Gasteiger partial charge in [0.05, 0.1) is 16.8 Å². The summed E-state index contributed by atoms with van der Waals surface area (Å²) in [5.41, 5.74) is -0.786. The van der Waals surface area contributed by atoms with Crippen LogP contribution in [0.2, 0.25) is 0 Å². The van der Waals surface area contributed by atoms with E-state index >= 15 is 0 Å². The van der Waals surface area contributed by atoms with Crippen LogP contribution in [-0.2, 0) is 18.9 Å². The van der Waals surface area contributed by atoms with Crippen LogP contribution in [0, 0.1) is 0 Å². The molecule has 0 radical (unpaired) electrons. The van der Waals surface area contributed by atoms with Gasteiger partial charge in [0.25, 0.3) is 0 Å². The monoisotopic (exact) mass is 533 g/mol. The molecule has 12 heteroatoms.